The fourth-order valence-corrected chi connectivity index (χ4v) is 1.000. The van der Waals surface area contributed by atoms with E-state index in [0.717, 1.165) is 0 Å². The summed E-state index contributed by atoms with van der Waals surface area (Å²) >= 11 is 0. The lowest BCUT2D eigenvalue weighted by Crippen LogP contribution is -2.41. The molecule has 100 valence electrons. The highest BCUT2D eigenvalue weighted by atomic mass is 16.5. The van der Waals surface area contributed by atoms with E-state index < -0.39 is 0 Å². The van der Waals surface area contributed by atoms with Gasteiger partial charge in [0.1, 0.15) is 0 Å². The van der Waals surface area contributed by atoms with Crippen molar-refractivity contribution in [2.75, 3.05) is 53.6 Å². The number of ether oxygens (including phenoxy) is 2. The highest BCUT2D eigenvalue weighted by Crippen LogP contribution is 1.70. The van der Waals surface area contributed by atoms with Crippen LogP contribution in [0, 0.1) is 0 Å². The Kier molecular flexibility index (Phi) is 10.5. The van der Waals surface area contributed by atoms with Gasteiger partial charge in [0.05, 0.1) is 26.3 Å². The predicted molar refractivity (Wildman–Crippen MR) is 62.6 cm³/mol. The standard InChI is InChI=1S/C10H21N3O4/c1-16-5-3-12-9(14)7-11-8-10(15)13-4-6-17-2/h11H,3-8H2,1-2H3,(H,12,14)(H,13,15). The summed E-state index contributed by atoms with van der Waals surface area (Å²) in [5, 5.41) is 8.00. The van der Waals surface area contributed by atoms with Crippen molar-refractivity contribution < 1.29 is 19.1 Å². The lowest BCUT2D eigenvalue weighted by Gasteiger charge is -2.07. The fourth-order valence-electron chi connectivity index (χ4n) is 1.000. The van der Waals surface area contributed by atoms with E-state index in [1.807, 2.05) is 0 Å². The lowest BCUT2D eigenvalue weighted by atomic mass is 10.5. The van der Waals surface area contributed by atoms with E-state index in [9.17, 15) is 9.59 Å². The van der Waals surface area contributed by atoms with Crippen molar-refractivity contribution in [2.24, 2.45) is 0 Å². The number of amides is 2. The summed E-state index contributed by atoms with van der Waals surface area (Å²) in [5.41, 5.74) is 0. The van der Waals surface area contributed by atoms with Gasteiger partial charge in [0.25, 0.3) is 0 Å². The molecule has 0 rings (SSSR count). The Labute approximate surface area is 101 Å². The van der Waals surface area contributed by atoms with E-state index in [4.69, 9.17) is 9.47 Å². The van der Waals surface area contributed by atoms with E-state index in [1.54, 1.807) is 14.2 Å². The maximum atomic E-state index is 11.2. The first-order valence-electron chi connectivity index (χ1n) is 5.42. The Balaban J connectivity index is 3.36. The summed E-state index contributed by atoms with van der Waals surface area (Å²) in [4.78, 5) is 22.4. The van der Waals surface area contributed by atoms with Crippen LogP contribution in [0.2, 0.25) is 0 Å². The maximum absolute atomic E-state index is 11.2. The maximum Gasteiger partial charge on any atom is 0.234 e. The summed E-state index contributed by atoms with van der Waals surface area (Å²) in [6, 6.07) is 0. The molecule has 0 aliphatic carbocycles. The zero-order chi connectivity index (χ0) is 12.9. The molecule has 0 aliphatic rings. The van der Waals surface area contributed by atoms with Crippen LogP contribution >= 0.6 is 0 Å². The molecule has 0 bridgehead atoms. The molecule has 0 aromatic rings. The van der Waals surface area contributed by atoms with Crippen LogP contribution in [0.25, 0.3) is 0 Å². The number of nitrogens with one attached hydrogen (secondary N) is 3. The van der Waals surface area contributed by atoms with Crippen molar-refractivity contribution in [3.05, 3.63) is 0 Å². The van der Waals surface area contributed by atoms with E-state index in [-0.39, 0.29) is 24.9 Å². The van der Waals surface area contributed by atoms with E-state index in [2.05, 4.69) is 16.0 Å². The molecular formula is C10H21N3O4. The molecule has 0 heterocycles. The van der Waals surface area contributed by atoms with Crippen LogP contribution in [0.5, 0.6) is 0 Å². The van der Waals surface area contributed by atoms with Gasteiger partial charge in [0.2, 0.25) is 11.8 Å². The molecule has 2 amide bonds. The summed E-state index contributed by atoms with van der Waals surface area (Å²) < 4.78 is 9.56. The Morgan fingerprint density at radius 1 is 0.882 bits per heavy atom. The van der Waals surface area contributed by atoms with Crippen LogP contribution in [-0.4, -0.2) is 65.4 Å². The van der Waals surface area contributed by atoms with Crippen LogP contribution in [0.3, 0.4) is 0 Å². The predicted octanol–water partition coefficient (Wildman–Crippen LogP) is -1.90. The van der Waals surface area contributed by atoms with Crippen LogP contribution < -0.4 is 16.0 Å². The quantitative estimate of drug-likeness (QED) is 0.392. The summed E-state index contributed by atoms with van der Waals surface area (Å²) in [6.07, 6.45) is 0. The van der Waals surface area contributed by atoms with Gasteiger partial charge in [-0.3, -0.25) is 14.9 Å². The van der Waals surface area contributed by atoms with Gasteiger partial charge in [-0.05, 0) is 0 Å². The monoisotopic (exact) mass is 247 g/mol. The van der Waals surface area contributed by atoms with Crippen LogP contribution in [0.15, 0.2) is 0 Å². The van der Waals surface area contributed by atoms with Crippen molar-refractivity contribution >= 4 is 11.8 Å². The molecule has 0 aromatic heterocycles. The molecule has 17 heavy (non-hydrogen) atoms. The Hall–Kier alpha value is -1.18. The smallest absolute Gasteiger partial charge is 0.234 e. The molecular weight excluding hydrogens is 226 g/mol. The van der Waals surface area contributed by atoms with Gasteiger partial charge < -0.3 is 20.1 Å². The highest BCUT2D eigenvalue weighted by molar-refractivity contribution is 5.81. The lowest BCUT2D eigenvalue weighted by molar-refractivity contribution is -0.121. The van der Waals surface area contributed by atoms with Crippen LogP contribution in [0.1, 0.15) is 0 Å². The fraction of sp³-hybridized carbons (Fsp3) is 0.800. The van der Waals surface area contributed by atoms with Crippen molar-refractivity contribution in [3.63, 3.8) is 0 Å². The van der Waals surface area contributed by atoms with Gasteiger partial charge in [-0.2, -0.15) is 0 Å². The first-order chi connectivity index (χ1) is 8.20. The van der Waals surface area contributed by atoms with Crippen molar-refractivity contribution in [1.82, 2.24) is 16.0 Å². The van der Waals surface area contributed by atoms with Gasteiger partial charge in [0.15, 0.2) is 0 Å². The third-order valence-corrected chi connectivity index (χ3v) is 1.83. The minimum absolute atomic E-state index is 0.113. The molecule has 0 saturated heterocycles. The zero-order valence-corrected chi connectivity index (χ0v) is 10.4. The molecule has 7 nitrogen and oxygen atoms in total. The minimum atomic E-state index is -0.160. The Morgan fingerprint density at radius 2 is 1.29 bits per heavy atom. The normalized spacial score (nSPS) is 10.0. The van der Waals surface area contributed by atoms with Crippen LogP contribution in [-0.2, 0) is 19.1 Å². The summed E-state index contributed by atoms with van der Waals surface area (Å²) in [5.74, 6) is -0.321. The molecule has 7 heteroatoms. The number of rotatable bonds is 10. The molecule has 0 fully saturated rings. The zero-order valence-electron chi connectivity index (χ0n) is 10.4. The van der Waals surface area contributed by atoms with E-state index in [1.165, 1.54) is 0 Å². The van der Waals surface area contributed by atoms with E-state index >= 15 is 0 Å². The number of methoxy groups -OCH3 is 2. The van der Waals surface area contributed by atoms with Crippen molar-refractivity contribution in [3.8, 4) is 0 Å². The molecule has 0 radical (unpaired) electrons. The third kappa shape index (κ3) is 11.1. The summed E-state index contributed by atoms with van der Waals surface area (Å²) in [7, 11) is 3.13. The highest BCUT2D eigenvalue weighted by Gasteiger charge is 2.02. The first-order valence-corrected chi connectivity index (χ1v) is 5.42. The van der Waals surface area contributed by atoms with Gasteiger partial charge in [-0.15, -0.1) is 0 Å². The average molecular weight is 247 g/mol. The average Bonchev–Trinajstić information content (AvgIpc) is 2.30. The Bertz CT molecular complexity index is 202. The van der Waals surface area contributed by atoms with Crippen molar-refractivity contribution in [2.45, 2.75) is 0 Å². The topological polar surface area (TPSA) is 88.7 Å². The first kappa shape index (κ1) is 15.8. The third-order valence-electron chi connectivity index (χ3n) is 1.83. The van der Waals surface area contributed by atoms with Crippen LogP contribution in [0.4, 0.5) is 0 Å². The Morgan fingerprint density at radius 3 is 1.65 bits per heavy atom. The minimum Gasteiger partial charge on any atom is -0.383 e. The van der Waals surface area contributed by atoms with Gasteiger partial charge in [0, 0.05) is 27.3 Å². The molecule has 0 spiro atoms. The molecule has 0 unspecified atom stereocenters. The number of carbonyl (C=O) groups is 2. The number of hydrogen-bond donors (Lipinski definition) is 3. The van der Waals surface area contributed by atoms with E-state index in [0.29, 0.717) is 26.3 Å². The van der Waals surface area contributed by atoms with Crippen molar-refractivity contribution in [1.29, 1.82) is 0 Å². The molecule has 0 aromatic carbocycles. The second kappa shape index (κ2) is 11.3. The van der Waals surface area contributed by atoms with Gasteiger partial charge >= 0.3 is 0 Å². The van der Waals surface area contributed by atoms with Gasteiger partial charge in [-0.25, -0.2) is 0 Å². The second-order valence-electron chi connectivity index (χ2n) is 3.29. The summed E-state index contributed by atoms with van der Waals surface area (Å²) in [6.45, 7) is 2.11. The molecule has 0 saturated carbocycles. The second-order valence-corrected chi connectivity index (χ2v) is 3.29. The number of hydrogen-bond acceptors (Lipinski definition) is 5. The van der Waals surface area contributed by atoms with Gasteiger partial charge in [-0.1, -0.05) is 0 Å². The number of carbonyl (C=O) groups excluding carboxylic acids is 2. The largest absolute Gasteiger partial charge is 0.383 e. The molecule has 3 N–H and O–H groups in total. The SMILES string of the molecule is COCCNC(=O)CNCC(=O)NCCOC. The molecule has 0 aliphatic heterocycles. The molecule has 0 atom stereocenters.